The van der Waals surface area contributed by atoms with Gasteiger partial charge in [0.25, 0.3) is 0 Å². The molecule has 1 fully saturated rings. The lowest BCUT2D eigenvalue weighted by molar-refractivity contribution is 0.269. The standard InChI is InChI=1S/C19H26N2/c1-14(2)20-13-18-10-11-21(3)19(18)17-9-8-15-6-4-5-7-16(15)12-17/h4-9,12,14,18-20H,10-11,13H2,1-3H3. The minimum atomic E-state index is 0.542. The summed E-state index contributed by atoms with van der Waals surface area (Å²) < 4.78 is 0. The Hall–Kier alpha value is -1.38. The molecule has 0 aliphatic carbocycles. The molecule has 1 aliphatic heterocycles. The normalized spacial score (nSPS) is 23.2. The van der Waals surface area contributed by atoms with E-state index in [2.05, 4.69) is 73.6 Å². The van der Waals surface area contributed by atoms with Crippen molar-refractivity contribution in [2.75, 3.05) is 20.1 Å². The molecule has 1 aliphatic rings. The number of hydrogen-bond acceptors (Lipinski definition) is 2. The minimum absolute atomic E-state index is 0.542. The summed E-state index contributed by atoms with van der Waals surface area (Å²) in [6.07, 6.45) is 1.29. The summed E-state index contributed by atoms with van der Waals surface area (Å²) in [6.45, 7) is 6.76. The van der Waals surface area contributed by atoms with Gasteiger partial charge in [-0.25, -0.2) is 0 Å². The third-order valence-electron chi connectivity index (χ3n) is 4.68. The summed E-state index contributed by atoms with van der Waals surface area (Å²) in [5.74, 6) is 0.707. The third kappa shape index (κ3) is 3.12. The van der Waals surface area contributed by atoms with Crippen molar-refractivity contribution in [1.82, 2.24) is 10.2 Å². The van der Waals surface area contributed by atoms with E-state index in [4.69, 9.17) is 0 Å². The summed E-state index contributed by atoms with van der Waals surface area (Å²) in [5, 5.41) is 6.30. The van der Waals surface area contributed by atoms with Crippen LogP contribution in [0.1, 0.15) is 31.9 Å². The molecular formula is C19H26N2. The molecule has 0 radical (unpaired) electrons. The van der Waals surface area contributed by atoms with Crippen molar-refractivity contribution in [2.24, 2.45) is 5.92 Å². The van der Waals surface area contributed by atoms with Gasteiger partial charge in [0.2, 0.25) is 0 Å². The van der Waals surface area contributed by atoms with E-state index in [1.165, 1.54) is 29.3 Å². The minimum Gasteiger partial charge on any atom is -0.314 e. The first-order valence-corrected chi connectivity index (χ1v) is 8.07. The molecule has 21 heavy (non-hydrogen) atoms. The third-order valence-corrected chi connectivity index (χ3v) is 4.68. The Morgan fingerprint density at radius 1 is 1.14 bits per heavy atom. The molecule has 2 aromatic rings. The lowest BCUT2D eigenvalue weighted by atomic mass is 9.92. The maximum absolute atomic E-state index is 3.62. The largest absolute Gasteiger partial charge is 0.314 e. The molecule has 1 heterocycles. The molecule has 0 amide bonds. The Morgan fingerprint density at radius 3 is 2.67 bits per heavy atom. The van der Waals surface area contributed by atoms with Crippen molar-refractivity contribution >= 4 is 10.8 Å². The van der Waals surface area contributed by atoms with Crippen molar-refractivity contribution < 1.29 is 0 Å². The molecule has 0 saturated carbocycles. The molecule has 2 atom stereocenters. The molecule has 2 heteroatoms. The summed E-state index contributed by atoms with van der Waals surface area (Å²) >= 11 is 0. The zero-order valence-electron chi connectivity index (χ0n) is 13.3. The van der Waals surface area contributed by atoms with Gasteiger partial charge in [0, 0.05) is 18.6 Å². The number of fused-ring (bicyclic) bond motifs is 1. The van der Waals surface area contributed by atoms with Crippen LogP contribution in [0.5, 0.6) is 0 Å². The highest BCUT2D eigenvalue weighted by atomic mass is 15.2. The Balaban J connectivity index is 1.87. The molecular weight excluding hydrogens is 256 g/mol. The molecule has 2 aromatic carbocycles. The van der Waals surface area contributed by atoms with Crippen molar-refractivity contribution in [1.29, 1.82) is 0 Å². The van der Waals surface area contributed by atoms with Crippen molar-refractivity contribution in [3.63, 3.8) is 0 Å². The van der Waals surface area contributed by atoms with E-state index in [1.54, 1.807) is 0 Å². The van der Waals surface area contributed by atoms with E-state index >= 15 is 0 Å². The summed E-state index contributed by atoms with van der Waals surface area (Å²) in [6, 6.07) is 16.7. The van der Waals surface area contributed by atoms with Gasteiger partial charge in [0.1, 0.15) is 0 Å². The van der Waals surface area contributed by atoms with Crippen molar-refractivity contribution in [3.05, 3.63) is 48.0 Å². The van der Waals surface area contributed by atoms with E-state index < -0.39 is 0 Å². The average Bonchev–Trinajstić information content (AvgIpc) is 2.85. The van der Waals surface area contributed by atoms with Crippen molar-refractivity contribution in [2.45, 2.75) is 32.4 Å². The van der Waals surface area contributed by atoms with Crippen LogP contribution >= 0.6 is 0 Å². The van der Waals surface area contributed by atoms with E-state index in [1.807, 2.05) is 0 Å². The first-order chi connectivity index (χ1) is 10.1. The topological polar surface area (TPSA) is 15.3 Å². The lowest BCUT2D eigenvalue weighted by Crippen LogP contribution is -2.32. The SMILES string of the molecule is CC(C)NCC1CCN(C)C1c1ccc2ccccc2c1. The first kappa shape index (κ1) is 14.6. The monoisotopic (exact) mass is 282 g/mol. The molecule has 112 valence electrons. The highest BCUT2D eigenvalue weighted by Crippen LogP contribution is 2.36. The van der Waals surface area contributed by atoms with E-state index in [0.717, 1.165) is 6.54 Å². The molecule has 0 aromatic heterocycles. The predicted molar refractivity (Wildman–Crippen MR) is 90.6 cm³/mol. The van der Waals surface area contributed by atoms with Crippen LogP contribution in [0.3, 0.4) is 0 Å². The van der Waals surface area contributed by atoms with Crippen LogP contribution in [-0.4, -0.2) is 31.1 Å². The molecule has 2 unspecified atom stereocenters. The number of likely N-dealkylation sites (tertiary alicyclic amines) is 1. The molecule has 0 bridgehead atoms. The van der Waals surface area contributed by atoms with Crippen LogP contribution in [0.4, 0.5) is 0 Å². The molecule has 2 nitrogen and oxygen atoms in total. The summed E-state index contributed by atoms with van der Waals surface area (Å²) in [7, 11) is 2.26. The van der Waals surface area contributed by atoms with Gasteiger partial charge in [0.15, 0.2) is 0 Å². The Labute approximate surface area is 128 Å². The smallest absolute Gasteiger partial charge is 0.0386 e. The zero-order valence-corrected chi connectivity index (χ0v) is 13.3. The molecule has 0 spiro atoms. The second-order valence-electron chi connectivity index (χ2n) is 6.64. The van der Waals surface area contributed by atoms with Gasteiger partial charge in [0.05, 0.1) is 0 Å². The lowest BCUT2D eigenvalue weighted by Gasteiger charge is -2.27. The van der Waals surface area contributed by atoms with Gasteiger partial charge < -0.3 is 5.32 Å². The van der Waals surface area contributed by atoms with Crippen LogP contribution in [0, 0.1) is 5.92 Å². The van der Waals surface area contributed by atoms with Gasteiger partial charge >= 0.3 is 0 Å². The number of rotatable bonds is 4. The van der Waals surface area contributed by atoms with E-state index in [0.29, 0.717) is 18.0 Å². The highest BCUT2D eigenvalue weighted by molar-refractivity contribution is 5.83. The number of hydrogen-bond donors (Lipinski definition) is 1. The zero-order chi connectivity index (χ0) is 14.8. The quantitative estimate of drug-likeness (QED) is 0.917. The van der Waals surface area contributed by atoms with Crippen LogP contribution in [0.15, 0.2) is 42.5 Å². The summed E-state index contributed by atoms with van der Waals surface area (Å²) in [5.41, 5.74) is 1.46. The number of nitrogens with zero attached hydrogens (tertiary/aromatic N) is 1. The van der Waals surface area contributed by atoms with Gasteiger partial charge in [-0.2, -0.15) is 0 Å². The first-order valence-electron chi connectivity index (χ1n) is 8.07. The fraction of sp³-hybridized carbons (Fsp3) is 0.474. The fourth-order valence-electron chi connectivity index (χ4n) is 3.55. The molecule has 1 N–H and O–H groups in total. The maximum atomic E-state index is 3.62. The average molecular weight is 282 g/mol. The van der Waals surface area contributed by atoms with E-state index in [9.17, 15) is 0 Å². The molecule has 1 saturated heterocycles. The van der Waals surface area contributed by atoms with Crippen LogP contribution < -0.4 is 5.32 Å². The number of benzene rings is 2. The van der Waals surface area contributed by atoms with Gasteiger partial charge in [-0.05, 0) is 48.3 Å². The Kier molecular flexibility index (Phi) is 4.27. The van der Waals surface area contributed by atoms with Gasteiger partial charge in [-0.15, -0.1) is 0 Å². The van der Waals surface area contributed by atoms with Crippen LogP contribution in [0.25, 0.3) is 10.8 Å². The van der Waals surface area contributed by atoms with Gasteiger partial charge in [-0.1, -0.05) is 50.2 Å². The summed E-state index contributed by atoms with van der Waals surface area (Å²) in [4.78, 5) is 2.51. The van der Waals surface area contributed by atoms with E-state index in [-0.39, 0.29) is 0 Å². The second-order valence-corrected chi connectivity index (χ2v) is 6.64. The van der Waals surface area contributed by atoms with Gasteiger partial charge in [-0.3, -0.25) is 4.90 Å². The molecule has 3 rings (SSSR count). The highest BCUT2D eigenvalue weighted by Gasteiger charge is 2.32. The number of nitrogens with one attached hydrogen (secondary N) is 1. The second kappa shape index (κ2) is 6.17. The Bertz CT molecular complexity index is 605. The van der Waals surface area contributed by atoms with Crippen LogP contribution in [0.2, 0.25) is 0 Å². The Morgan fingerprint density at radius 2 is 1.90 bits per heavy atom. The maximum Gasteiger partial charge on any atom is 0.0386 e. The fourth-order valence-corrected chi connectivity index (χ4v) is 3.55. The van der Waals surface area contributed by atoms with Crippen LogP contribution in [-0.2, 0) is 0 Å². The van der Waals surface area contributed by atoms with Crippen molar-refractivity contribution in [3.8, 4) is 0 Å². The predicted octanol–water partition coefficient (Wildman–Crippen LogP) is 3.83.